The van der Waals surface area contributed by atoms with Gasteiger partial charge in [-0.05, 0) is 36.5 Å². The summed E-state index contributed by atoms with van der Waals surface area (Å²) in [5, 5.41) is 21.5. The molecular weight excluding hydrogens is 460 g/mol. The molecule has 0 unspecified atom stereocenters. The van der Waals surface area contributed by atoms with Crippen molar-refractivity contribution in [2.45, 2.75) is 0 Å². The molecule has 0 saturated heterocycles. The summed E-state index contributed by atoms with van der Waals surface area (Å²) in [4.78, 5) is 4.71. The number of aromatic nitrogens is 3. The lowest BCUT2D eigenvalue weighted by Gasteiger charge is -2.14. The van der Waals surface area contributed by atoms with E-state index in [-0.39, 0.29) is 0 Å². The number of nitrogens with one attached hydrogen (secondary N) is 3. The molecule has 2 heterocycles. The first-order valence-electron chi connectivity index (χ1n) is 10.6. The molecule has 0 spiro atoms. The first-order chi connectivity index (χ1) is 16.7. The molecule has 0 aliphatic rings. The monoisotopic (exact) mass is 480 g/mol. The zero-order valence-corrected chi connectivity index (χ0v) is 19.6. The van der Waals surface area contributed by atoms with Gasteiger partial charge in [0.1, 0.15) is 0 Å². The number of para-hydroxylation sites is 2. The number of anilines is 4. The van der Waals surface area contributed by atoms with E-state index in [1.807, 2.05) is 102 Å². The molecule has 34 heavy (non-hydrogen) atoms. The molecule has 3 aromatic carbocycles. The maximum absolute atomic E-state index is 5.51. The van der Waals surface area contributed by atoms with Crippen LogP contribution in [0.4, 0.5) is 22.3 Å². The number of hydrogen-bond donors (Lipinski definition) is 3. The van der Waals surface area contributed by atoms with Crippen LogP contribution in [0.3, 0.4) is 0 Å². The SMILES string of the molecule is S=C(Nc1ccc(-c2ccccc2)nn1)Nc1ccccc1Nc1nc(-c2ccccc2)cs1. The normalized spacial score (nSPS) is 10.5. The Labute approximate surface area is 206 Å². The highest BCUT2D eigenvalue weighted by molar-refractivity contribution is 7.80. The average molecular weight is 481 g/mol. The van der Waals surface area contributed by atoms with E-state index in [0.717, 1.165) is 39.0 Å². The number of nitrogens with zero attached hydrogens (tertiary/aromatic N) is 3. The number of thiocarbonyl (C=S) groups is 1. The van der Waals surface area contributed by atoms with Crippen molar-refractivity contribution in [3.05, 3.63) is 102 Å². The number of hydrogen-bond acceptors (Lipinski definition) is 6. The van der Waals surface area contributed by atoms with Gasteiger partial charge in [-0.1, -0.05) is 72.8 Å². The van der Waals surface area contributed by atoms with Crippen LogP contribution in [0.1, 0.15) is 0 Å². The minimum Gasteiger partial charge on any atom is -0.331 e. The molecule has 5 rings (SSSR count). The van der Waals surface area contributed by atoms with Gasteiger partial charge in [-0.15, -0.1) is 21.5 Å². The van der Waals surface area contributed by atoms with Crippen LogP contribution >= 0.6 is 23.6 Å². The van der Waals surface area contributed by atoms with E-state index in [1.54, 1.807) is 11.3 Å². The van der Waals surface area contributed by atoms with Gasteiger partial charge in [0.2, 0.25) is 0 Å². The Kier molecular flexibility index (Phi) is 6.51. The van der Waals surface area contributed by atoms with Crippen molar-refractivity contribution >= 4 is 51.0 Å². The van der Waals surface area contributed by atoms with Crippen LogP contribution in [0.25, 0.3) is 22.5 Å². The third-order valence-electron chi connectivity index (χ3n) is 4.97. The molecule has 6 nitrogen and oxygen atoms in total. The zero-order valence-electron chi connectivity index (χ0n) is 18.0. The molecule has 0 radical (unpaired) electrons. The maximum atomic E-state index is 5.51. The average Bonchev–Trinajstić information content (AvgIpc) is 3.35. The van der Waals surface area contributed by atoms with E-state index < -0.39 is 0 Å². The fourth-order valence-electron chi connectivity index (χ4n) is 3.32. The maximum Gasteiger partial charge on any atom is 0.187 e. The number of rotatable bonds is 6. The van der Waals surface area contributed by atoms with Gasteiger partial charge in [-0.25, -0.2) is 4.98 Å². The van der Waals surface area contributed by atoms with Gasteiger partial charge in [0.05, 0.1) is 22.8 Å². The molecule has 0 amide bonds. The Balaban J connectivity index is 1.25. The summed E-state index contributed by atoms with van der Waals surface area (Å²) in [7, 11) is 0. The Morgan fingerprint density at radius 2 is 1.29 bits per heavy atom. The molecule has 0 aliphatic heterocycles. The molecule has 166 valence electrons. The van der Waals surface area contributed by atoms with Crippen molar-refractivity contribution in [2.75, 3.05) is 16.0 Å². The van der Waals surface area contributed by atoms with Gasteiger partial charge in [0.15, 0.2) is 16.1 Å². The molecule has 0 aliphatic carbocycles. The second-order valence-electron chi connectivity index (χ2n) is 7.32. The van der Waals surface area contributed by atoms with Crippen LogP contribution in [0.15, 0.2) is 102 Å². The van der Waals surface area contributed by atoms with Crippen molar-refractivity contribution in [3.8, 4) is 22.5 Å². The summed E-state index contributed by atoms with van der Waals surface area (Å²) < 4.78 is 0. The van der Waals surface area contributed by atoms with Crippen LogP contribution < -0.4 is 16.0 Å². The van der Waals surface area contributed by atoms with Crippen LogP contribution in [0, 0.1) is 0 Å². The summed E-state index contributed by atoms with van der Waals surface area (Å²) in [6, 6.07) is 31.6. The van der Waals surface area contributed by atoms with Gasteiger partial charge in [-0.2, -0.15) is 0 Å². The first kappa shape index (κ1) is 21.7. The van der Waals surface area contributed by atoms with E-state index in [1.165, 1.54) is 0 Å². The van der Waals surface area contributed by atoms with Gasteiger partial charge < -0.3 is 16.0 Å². The van der Waals surface area contributed by atoms with Crippen LogP contribution in [-0.4, -0.2) is 20.3 Å². The lowest BCUT2D eigenvalue weighted by molar-refractivity contribution is 1.05. The summed E-state index contributed by atoms with van der Waals surface area (Å²) in [6.45, 7) is 0. The van der Waals surface area contributed by atoms with Crippen LogP contribution in [0.5, 0.6) is 0 Å². The van der Waals surface area contributed by atoms with Crippen LogP contribution in [0.2, 0.25) is 0 Å². The smallest absolute Gasteiger partial charge is 0.187 e. The van der Waals surface area contributed by atoms with Gasteiger partial charge >= 0.3 is 0 Å². The van der Waals surface area contributed by atoms with Gasteiger partial charge in [0, 0.05) is 16.5 Å². The Morgan fingerprint density at radius 1 is 0.647 bits per heavy atom. The molecule has 2 aromatic heterocycles. The molecule has 0 atom stereocenters. The predicted octanol–water partition coefficient (Wildman–Crippen LogP) is 6.82. The summed E-state index contributed by atoms with van der Waals surface area (Å²) in [5.41, 5.74) is 5.53. The van der Waals surface area contributed by atoms with Crippen molar-refractivity contribution in [3.63, 3.8) is 0 Å². The molecule has 5 aromatic rings. The number of thiazole rings is 1. The largest absolute Gasteiger partial charge is 0.331 e. The third-order valence-corrected chi connectivity index (χ3v) is 5.93. The van der Waals surface area contributed by atoms with Crippen LogP contribution in [-0.2, 0) is 0 Å². The number of benzene rings is 3. The highest BCUT2D eigenvalue weighted by Crippen LogP contribution is 2.30. The van der Waals surface area contributed by atoms with Crippen molar-refractivity contribution in [1.82, 2.24) is 15.2 Å². The van der Waals surface area contributed by atoms with E-state index >= 15 is 0 Å². The zero-order chi connectivity index (χ0) is 23.2. The Hall–Kier alpha value is -4.14. The summed E-state index contributed by atoms with van der Waals surface area (Å²) in [6.07, 6.45) is 0. The quantitative estimate of drug-likeness (QED) is 0.230. The highest BCUT2D eigenvalue weighted by Gasteiger charge is 2.09. The van der Waals surface area contributed by atoms with E-state index in [2.05, 4.69) is 26.1 Å². The molecule has 3 N–H and O–H groups in total. The standard InChI is InChI=1S/C26H20N6S2/c33-25(30-24-16-15-20(31-32-24)18-9-3-1-4-10-18)27-21-13-7-8-14-22(21)28-26-29-23(17-34-26)19-11-5-2-6-12-19/h1-17H,(H,28,29)(H2,27,30,32,33). The fraction of sp³-hybridized carbons (Fsp3) is 0. The van der Waals surface area contributed by atoms with Crippen molar-refractivity contribution in [2.24, 2.45) is 0 Å². The first-order valence-corrected chi connectivity index (χ1v) is 11.9. The topological polar surface area (TPSA) is 74.8 Å². The van der Waals surface area contributed by atoms with Gasteiger partial charge in [-0.3, -0.25) is 0 Å². The van der Waals surface area contributed by atoms with Gasteiger partial charge in [0.25, 0.3) is 0 Å². The van der Waals surface area contributed by atoms with E-state index in [9.17, 15) is 0 Å². The summed E-state index contributed by atoms with van der Waals surface area (Å²) in [5.74, 6) is 0.565. The highest BCUT2D eigenvalue weighted by atomic mass is 32.1. The lowest BCUT2D eigenvalue weighted by atomic mass is 10.1. The minimum atomic E-state index is 0.417. The Morgan fingerprint density at radius 3 is 1.97 bits per heavy atom. The fourth-order valence-corrected chi connectivity index (χ4v) is 4.27. The van der Waals surface area contributed by atoms with Crippen molar-refractivity contribution in [1.29, 1.82) is 0 Å². The van der Waals surface area contributed by atoms with E-state index in [0.29, 0.717) is 10.9 Å². The third kappa shape index (κ3) is 5.25. The predicted molar refractivity (Wildman–Crippen MR) is 145 cm³/mol. The molecule has 0 saturated carbocycles. The molecular formula is C26H20N6S2. The second-order valence-corrected chi connectivity index (χ2v) is 8.59. The Bertz CT molecular complexity index is 1390. The van der Waals surface area contributed by atoms with Crippen molar-refractivity contribution < 1.29 is 0 Å². The van der Waals surface area contributed by atoms with E-state index in [4.69, 9.17) is 17.2 Å². The second kappa shape index (κ2) is 10.2. The molecule has 8 heteroatoms. The molecule has 0 fully saturated rings. The lowest BCUT2D eigenvalue weighted by Crippen LogP contribution is -2.20. The summed E-state index contributed by atoms with van der Waals surface area (Å²) >= 11 is 7.06. The minimum absolute atomic E-state index is 0.417. The molecule has 0 bridgehead atoms.